The predicted molar refractivity (Wildman–Crippen MR) is 151 cm³/mol. The largest absolute Gasteiger partial charge is 0.494 e. The average Bonchev–Trinajstić information content (AvgIpc) is 3.58. The molecule has 0 aliphatic carbocycles. The number of thiocarbonyl (C=S) groups is 1. The molecule has 0 spiro atoms. The molecule has 2 aromatic heterocycles. The summed E-state index contributed by atoms with van der Waals surface area (Å²) in [5.41, 5.74) is 2.78. The number of nitrogens with one attached hydrogen (secondary N) is 2. The first-order valence-electron chi connectivity index (χ1n) is 12.2. The highest BCUT2D eigenvalue weighted by Gasteiger charge is 2.42. The number of hydrogen-bond acceptors (Lipinski definition) is 7. The number of pyridine rings is 1. The molecular weight excluding hydrogens is 518 g/mol. The number of nitro benzene ring substituents is 1. The number of ether oxygens (including phenoxy) is 1. The van der Waals surface area contributed by atoms with Gasteiger partial charge in [-0.1, -0.05) is 13.0 Å². The fraction of sp³-hybridized carbons (Fsp3) is 0.179. The van der Waals surface area contributed by atoms with Crippen molar-refractivity contribution in [3.8, 4) is 17.1 Å². The van der Waals surface area contributed by atoms with Gasteiger partial charge in [-0.15, -0.1) is 0 Å². The molecule has 3 heterocycles. The predicted octanol–water partition coefficient (Wildman–Crippen LogP) is 5.78. The molecule has 0 saturated carbocycles. The third kappa shape index (κ3) is 5.16. The second-order valence-corrected chi connectivity index (χ2v) is 9.18. The second-order valence-electron chi connectivity index (χ2n) is 8.79. The number of nitrogens with zero attached hydrogens (tertiary/aromatic N) is 3. The van der Waals surface area contributed by atoms with Crippen molar-refractivity contribution in [2.45, 2.75) is 25.4 Å². The van der Waals surface area contributed by atoms with E-state index in [2.05, 4.69) is 15.6 Å². The SMILES string of the molecule is CCC(=O)Nc1ccc(N2C(=S)N[C@@H](c3ccccn3)[C@@H]2c2ccc(-c3ccc([N+](=O)[O-])cc3)o2)cc1OC. The topological polar surface area (TPSA) is 123 Å². The molecule has 2 aromatic carbocycles. The highest BCUT2D eigenvalue weighted by Crippen LogP contribution is 2.44. The third-order valence-corrected chi connectivity index (χ3v) is 6.75. The van der Waals surface area contributed by atoms with Gasteiger partial charge in [0.25, 0.3) is 5.69 Å². The number of hydrogen-bond donors (Lipinski definition) is 2. The van der Waals surface area contributed by atoms with Crippen molar-refractivity contribution in [3.63, 3.8) is 0 Å². The van der Waals surface area contributed by atoms with Crippen LogP contribution < -0.4 is 20.3 Å². The van der Waals surface area contributed by atoms with Crippen molar-refractivity contribution in [3.05, 3.63) is 101 Å². The summed E-state index contributed by atoms with van der Waals surface area (Å²) in [6.45, 7) is 1.78. The Balaban J connectivity index is 1.55. The monoisotopic (exact) mass is 543 g/mol. The number of non-ortho nitro benzene ring substituents is 1. The summed E-state index contributed by atoms with van der Waals surface area (Å²) in [7, 11) is 1.54. The lowest BCUT2D eigenvalue weighted by molar-refractivity contribution is -0.384. The summed E-state index contributed by atoms with van der Waals surface area (Å²) in [4.78, 5) is 29.1. The molecule has 0 radical (unpaired) electrons. The van der Waals surface area contributed by atoms with E-state index in [4.69, 9.17) is 21.4 Å². The van der Waals surface area contributed by atoms with Crippen LogP contribution in [0.3, 0.4) is 0 Å². The number of benzene rings is 2. The van der Waals surface area contributed by atoms with E-state index in [1.165, 1.54) is 12.1 Å². The van der Waals surface area contributed by atoms with Crippen molar-refractivity contribution < 1.29 is 18.9 Å². The summed E-state index contributed by atoms with van der Waals surface area (Å²) in [5, 5.41) is 17.8. The number of carbonyl (C=O) groups is 1. The second kappa shape index (κ2) is 10.9. The molecule has 10 nitrogen and oxygen atoms in total. The molecule has 1 aliphatic heterocycles. The van der Waals surface area contributed by atoms with Crippen molar-refractivity contribution in [2.75, 3.05) is 17.3 Å². The van der Waals surface area contributed by atoms with Crippen molar-refractivity contribution in [2.24, 2.45) is 0 Å². The zero-order chi connectivity index (χ0) is 27.5. The Bertz CT molecular complexity index is 1520. The maximum Gasteiger partial charge on any atom is 0.269 e. The number of furan rings is 1. The Morgan fingerprint density at radius 1 is 1.18 bits per heavy atom. The fourth-order valence-electron chi connectivity index (χ4n) is 4.51. The molecule has 5 rings (SSSR count). The van der Waals surface area contributed by atoms with Crippen LogP contribution in [0.5, 0.6) is 5.75 Å². The van der Waals surface area contributed by atoms with E-state index in [-0.39, 0.29) is 17.6 Å². The van der Waals surface area contributed by atoms with E-state index in [0.29, 0.717) is 40.1 Å². The Labute approximate surface area is 229 Å². The van der Waals surface area contributed by atoms with Gasteiger partial charge in [-0.25, -0.2) is 0 Å². The molecule has 1 aliphatic rings. The molecule has 4 aromatic rings. The van der Waals surface area contributed by atoms with Gasteiger partial charge in [-0.3, -0.25) is 19.9 Å². The van der Waals surface area contributed by atoms with Crippen LogP contribution in [-0.4, -0.2) is 28.0 Å². The first-order chi connectivity index (χ1) is 18.9. The van der Waals surface area contributed by atoms with Crippen LogP contribution in [0.2, 0.25) is 0 Å². The first-order valence-corrected chi connectivity index (χ1v) is 12.6. The van der Waals surface area contributed by atoms with Crippen LogP contribution in [0.25, 0.3) is 11.3 Å². The fourth-order valence-corrected chi connectivity index (χ4v) is 4.85. The van der Waals surface area contributed by atoms with E-state index in [1.54, 1.807) is 38.4 Å². The van der Waals surface area contributed by atoms with Gasteiger partial charge in [0, 0.05) is 42.1 Å². The molecule has 1 amide bonds. The van der Waals surface area contributed by atoms with Gasteiger partial charge in [0.15, 0.2) is 5.11 Å². The molecular formula is C28H25N5O5S. The molecule has 39 heavy (non-hydrogen) atoms. The minimum Gasteiger partial charge on any atom is -0.494 e. The number of methoxy groups -OCH3 is 1. The lowest BCUT2D eigenvalue weighted by Crippen LogP contribution is -2.29. The van der Waals surface area contributed by atoms with Crippen molar-refractivity contribution in [1.82, 2.24) is 10.3 Å². The zero-order valence-electron chi connectivity index (χ0n) is 21.2. The van der Waals surface area contributed by atoms with E-state index >= 15 is 0 Å². The molecule has 0 bridgehead atoms. The van der Waals surface area contributed by atoms with Gasteiger partial charge in [-0.2, -0.15) is 0 Å². The lowest BCUT2D eigenvalue weighted by Gasteiger charge is -2.27. The number of nitro groups is 1. The number of carbonyl (C=O) groups excluding carboxylic acids is 1. The number of aromatic nitrogens is 1. The average molecular weight is 544 g/mol. The highest BCUT2D eigenvalue weighted by molar-refractivity contribution is 7.80. The van der Waals surface area contributed by atoms with Crippen LogP contribution in [-0.2, 0) is 4.79 Å². The highest BCUT2D eigenvalue weighted by atomic mass is 32.1. The van der Waals surface area contributed by atoms with Crippen LogP contribution in [0.4, 0.5) is 17.1 Å². The standard InChI is InChI=1S/C28H25N5O5S/c1-3-25(34)30-20-12-11-19(16-24(20)37-2)32-27(26(31-28(32)39)21-6-4-5-15-29-21)23-14-13-22(38-23)17-7-9-18(10-8-17)33(35)36/h4-16,26-27H,3H2,1-2H3,(H,30,34)(H,31,39)/t26-,27-/m0/s1. The molecule has 0 unspecified atom stereocenters. The van der Waals surface area contributed by atoms with Crippen LogP contribution >= 0.6 is 12.2 Å². The summed E-state index contributed by atoms with van der Waals surface area (Å²) in [6.07, 6.45) is 2.06. The van der Waals surface area contributed by atoms with Gasteiger partial charge in [0.1, 0.15) is 23.3 Å². The molecule has 2 N–H and O–H groups in total. The number of amides is 1. The van der Waals surface area contributed by atoms with Gasteiger partial charge in [0.2, 0.25) is 5.91 Å². The van der Waals surface area contributed by atoms with Gasteiger partial charge in [-0.05, 0) is 60.7 Å². The maximum atomic E-state index is 12.0. The summed E-state index contributed by atoms with van der Waals surface area (Å²) >= 11 is 5.79. The number of anilines is 2. The van der Waals surface area contributed by atoms with Crippen molar-refractivity contribution in [1.29, 1.82) is 0 Å². The van der Waals surface area contributed by atoms with E-state index in [0.717, 1.165) is 11.4 Å². The Morgan fingerprint density at radius 2 is 1.97 bits per heavy atom. The number of rotatable bonds is 8. The quantitative estimate of drug-likeness (QED) is 0.162. The first kappa shape index (κ1) is 25.9. The summed E-state index contributed by atoms with van der Waals surface area (Å²) < 4.78 is 11.9. The minimum atomic E-state index is -0.439. The molecule has 198 valence electrons. The third-order valence-electron chi connectivity index (χ3n) is 6.44. The Kier molecular flexibility index (Phi) is 7.24. The van der Waals surface area contributed by atoms with E-state index in [1.807, 2.05) is 47.4 Å². The van der Waals surface area contributed by atoms with Crippen LogP contribution in [0, 0.1) is 10.1 Å². The van der Waals surface area contributed by atoms with E-state index in [9.17, 15) is 14.9 Å². The Morgan fingerprint density at radius 3 is 2.64 bits per heavy atom. The summed E-state index contributed by atoms with van der Waals surface area (Å²) in [5.74, 6) is 1.55. The zero-order valence-corrected chi connectivity index (χ0v) is 22.0. The van der Waals surface area contributed by atoms with E-state index < -0.39 is 11.0 Å². The molecule has 1 saturated heterocycles. The maximum absolute atomic E-state index is 12.0. The normalized spacial score (nSPS) is 16.6. The smallest absolute Gasteiger partial charge is 0.269 e. The molecule has 11 heteroatoms. The van der Waals surface area contributed by atoms with Gasteiger partial charge < -0.3 is 24.7 Å². The molecule has 2 atom stereocenters. The van der Waals surface area contributed by atoms with Crippen molar-refractivity contribution >= 4 is 40.3 Å². The van der Waals surface area contributed by atoms with Gasteiger partial charge >= 0.3 is 0 Å². The minimum absolute atomic E-state index is 0.00443. The lowest BCUT2D eigenvalue weighted by atomic mass is 10.0. The summed E-state index contributed by atoms with van der Waals surface area (Å²) in [6, 6.07) is 20.3. The van der Waals surface area contributed by atoms with Crippen LogP contribution in [0.1, 0.15) is 36.9 Å². The Hall–Kier alpha value is -4.77. The molecule has 1 fully saturated rings. The van der Waals surface area contributed by atoms with Gasteiger partial charge in [0.05, 0.1) is 29.5 Å². The van der Waals surface area contributed by atoms with Crippen LogP contribution in [0.15, 0.2) is 83.4 Å².